The van der Waals surface area contributed by atoms with Crippen LogP contribution in [0.4, 0.5) is 5.13 Å². The van der Waals surface area contributed by atoms with Crippen molar-refractivity contribution in [1.82, 2.24) is 14.4 Å². The fourth-order valence-corrected chi connectivity index (χ4v) is 4.05. The molecule has 0 aliphatic rings. The van der Waals surface area contributed by atoms with Crippen LogP contribution in [-0.2, 0) is 0 Å². The van der Waals surface area contributed by atoms with E-state index in [0.717, 1.165) is 25.6 Å². The molecule has 24 heavy (non-hydrogen) atoms. The molecule has 4 rings (SSSR count). The summed E-state index contributed by atoms with van der Waals surface area (Å²) < 4.78 is 2.88. The maximum Gasteiger partial charge on any atom is 0.277 e. The van der Waals surface area contributed by atoms with E-state index in [1.165, 1.54) is 11.3 Å². The Morgan fingerprint density at radius 1 is 1.21 bits per heavy atom. The summed E-state index contributed by atoms with van der Waals surface area (Å²) in [4.78, 5) is 23.1. The summed E-state index contributed by atoms with van der Waals surface area (Å²) in [7, 11) is 0. The van der Waals surface area contributed by atoms with Crippen LogP contribution in [0.5, 0.6) is 0 Å². The lowest BCUT2D eigenvalue weighted by molar-refractivity contribution is 0.102. The van der Waals surface area contributed by atoms with Crippen molar-refractivity contribution in [3.8, 4) is 11.3 Å². The van der Waals surface area contributed by atoms with Gasteiger partial charge >= 0.3 is 0 Å². The van der Waals surface area contributed by atoms with Gasteiger partial charge in [-0.05, 0) is 19.1 Å². The van der Waals surface area contributed by atoms with Crippen molar-refractivity contribution in [2.75, 3.05) is 5.32 Å². The van der Waals surface area contributed by atoms with E-state index in [4.69, 9.17) is 0 Å². The van der Waals surface area contributed by atoms with Crippen LogP contribution in [0.15, 0.2) is 46.5 Å². The molecule has 8 heteroatoms. The lowest BCUT2D eigenvalue weighted by atomic mass is 10.2. The van der Waals surface area contributed by atoms with Crippen LogP contribution in [0.3, 0.4) is 0 Å². The fourth-order valence-electron chi connectivity index (χ4n) is 2.27. The van der Waals surface area contributed by atoms with Crippen LogP contribution >= 0.6 is 38.6 Å². The molecular weight excluding hydrogens is 408 g/mol. The van der Waals surface area contributed by atoms with Crippen LogP contribution < -0.4 is 5.32 Å². The summed E-state index contributed by atoms with van der Waals surface area (Å²) >= 11 is 6.36. The topological polar surface area (TPSA) is 59.3 Å². The molecule has 0 unspecified atom stereocenters. The number of amides is 1. The SMILES string of the molecule is Cc1cn2cc(C(=O)Nc3nc(-c4ccc(Br)cc4)cs3)nc2s1. The van der Waals surface area contributed by atoms with E-state index in [1.807, 2.05) is 47.2 Å². The number of carbonyl (C=O) groups is 1. The molecule has 0 bridgehead atoms. The van der Waals surface area contributed by atoms with E-state index < -0.39 is 0 Å². The van der Waals surface area contributed by atoms with Crippen molar-refractivity contribution in [1.29, 1.82) is 0 Å². The second kappa shape index (κ2) is 6.12. The number of aromatic nitrogens is 3. The molecule has 0 fully saturated rings. The summed E-state index contributed by atoms with van der Waals surface area (Å²) in [6.07, 6.45) is 3.69. The maximum atomic E-state index is 12.3. The molecule has 1 aromatic carbocycles. The number of carbonyl (C=O) groups excluding carboxylic acids is 1. The Labute approximate surface area is 154 Å². The van der Waals surface area contributed by atoms with Gasteiger partial charge in [-0.2, -0.15) is 0 Å². The van der Waals surface area contributed by atoms with E-state index in [1.54, 1.807) is 17.5 Å². The third kappa shape index (κ3) is 3.00. The Bertz CT molecular complexity index is 1000. The number of rotatable bonds is 3. The Hall–Kier alpha value is -2.03. The monoisotopic (exact) mass is 418 g/mol. The van der Waals surface area contributed by atoms with Crippen molar-refractivity contribution in [3.63, 3.8) is 0 Å². The van der Waals surface area contributed by atoms with Gasteiger partial charge in [0.25, 0.3) is 5.91 Å². The van der Waals surface area contributed by atoms with Crippen LogP contribution in [-0.4, -0.2) is 20.3 Å². The molecule has 120 valence electrons. The molecule has 0 saturated carbocycles. The molecule has 1 N–H and O–H groups in total. The predicted molar refractivity (Wildman–Crippen MR) is 101 cm³/mol. The standard InChI is InChI=1S/C16H11BrN4OS2/c1-9-6-21-7-12(19-16(21)24-9)14(22)20-15-18-13(8-23-15)10-2-4-11(17)5-3-10/h2-8H,1H3,(H,18,20,22). The number of thiazole rings is 2. The van der Waals surface area contributed by atoms with Gasteiger partial charge in [-0.15, -0.1) is 22.7 Å². The van der Waals surface area contributed by atoms with Gasteiger partial charge in [0.15, 0.2) is 10.1 Å². The summed E-state index contributed by atoms with van der Waals surface area (Å²) in [6.45, 7) is 2.01. The van der Waals surface area contributed by atoms with Crippen LogP contribution in [0, 0.1) is 6.92 Å². The second-order valence-corrected chi connectivity index (χ2v) is 8.14. The van der Waals surface area contributed by atoms with Gasteiger partial charge in [-0.1, -0.05) is 28.1 Å². The number of hydrogen-bond donors (Lipinski definition) is 1. The molecule has 0 saturated heterocycles. The largest absolute Gasteiger partial charge is 0.297 e. The average Bonchev–Trinajstić information content (AvgIpc) is 3.22. The van der Waals surface area contributed by atoms with Gasteiger partial charge in [0.1, 0.15) is 5.69 Å². The zero-order valence-electron chi connectivity index (χ0n) is 12.5. The third-order valence-corrected chi connectivity index (χ3v) is 5.57. The van der Waals surface area contributed by atoms with Crippen LogP contribution in [0.25, 0.3) is 16.2 Å². The normalized spacial score (nSPS) is 11.1. The molecule has 0 atom stereocenters. The van der Waals surface area contributed by atoms with Gasteiger partial charge < -0.3 is 0 Å². The Morgan fingerprint density at radius 3 is 2.75 bits per heavy atom. The number of fused-ring (bicyclic) bond motifs is 1. The maximum absolute atomic E-state index is 12.3. The Balaban J connectivity index is 1.53. The quantitative estimate of drug-likeness (QED) is 0.517. The zero-order chi connectivity index (χ0) is 16.7. The number of halogens is 1. The minimum absolute atomic E-state index is 0.250. The molecule has 0 aliphatic carbocycles. The zero-order valence-corrected chi connectivity index (χ0v) is 15.7. The number of imidazole rings is 1. The van der Waals surface area contributed by atoms with Gasteiger partial charge in [0, 0.05) is 32.7 Å². The Kier molecular flexibility index (Phi) is 3.95. The first kappa shape index (κ1) is 15.5. The molecule has 0 aliphatic heterocycles. The summed E-state index contributed by atoms with van der Waals surface area (Å²) in [6, 6.07) is 7.90. The number of nitrogens with one attached hydrogen (secondary N) is 1. The highest BCUT2D eigenvalue weighted by Crippen LogP contribution is 2.26. The highest BCUT2D eigenvalue weighted by molar-refractivity contribution is 9.10. The minimum atomic E-state index is -0.250. The van der Waals surface area contributed by atoms with E-state index in [2.05, 4.69) is 31.2 Å². The van der Waals surface area contributed by atoms with Crippen molar-refractivity contribution in [2.45, 2.75) is 6.92 Å². The minimum Gasteiger partial charge on any atom is -0.297 e. The first-order valence-electron chi connectivity index (χ1n) is 7.06. The van der Waals surface area contributed by atoms with Crippen LogP contribution in [0.2, 0.25) is 0 Å². The van der Waals surface area contributed by atoms with Gasteiger partial charge in [0.05, 0.1) is 5.69 Å². The van der Waals surface area contributed by atoms with Crippen LogP contribution in [0.1, 0.15) is 15.4 Å². The fraction of sp³-hybridized carbons (Fsp3) is 0.0625. The molecule has 4 aromatic rings. The highest BCUT2D eigenvalue weighted by Gasteiger charge is 2.14. The van der Waals surface area contributed by atoms with Crippen molar-refractivity contribution in [2.24, 2.45) is 0 Å². The molecule has 0 spiro atoms. The van der Waals surface area contributed by atoms with E-state index >= 15 is 0 Å². The van der Waals surface area contributed by atoms with Crippen molar-refractivity contribution in [3.05, 3.63) is 57.1 Å². The average molecular weight is 419 g/mol. The molecule has 1 amide bonds. The van der Waals surface area contributed by atoms with Crippen molar-refractivity contribution >= 4 is 54.6 Å². The molecule has 0 radical (unpaired) electrons. The molecule has 3 aromatic heterocycles. The first-order valence-corrected chi connectivity index (χ1v) is 9.55. The third-order valence-electron chi connectivity index (χ3n) is 3.37. The second-order valence-electron chi connectivity index (χ2n) is 5.16. The van der Waals surface area contributed by atoms with Crippen molar-refractivity contribution < 1.29 is 4.79 Å². The first-order chi connectivity index (χ1) is 11.6. The van der Waals surface area contributed by atoms with E-state index in [0.29, 0.717) is 10.8 Å². The smallest absolute Gasteiger partial charge is 0.277 e. The number of nitrogens with zero attached hydrogens (tertiary/aromatic N) is 3. The number of benzene rings is 1. The van der Waals surface area contributed by atoms with Gasteiger partial charge in [-0.25, -0.2) is 9.97 Å². The molecular formula is C16H11BrN4OS2. The van der Waals surface area contributed by atoms with Gasteiger partial charge in [0.2, 0.25) is 0 Å². The predicted octanol–water partition coefficient (Wildman–Crippen LogP) is 4.84. The summed E-state index contributed by atoms with van der Waals surface area (Å²) in [5.74, 6) is -0.250. The highest BCUT2D eigenvalue weighted by atomic mass is 79.9. The lowest BCUT2D eigenvalue weighted by Crippen LogP contribution is -2.12. The lowest BCUT2D eigenvalue weighted by Gasteiger charge is -1.98. The summed E-state index contributed by atoms with van der Waals surface area (Å²) in [5, 5.41) is 5.30. The van der Waals surface area contributed by atoms with Gasteiger partial charge in [-0.3, -0.25) is 14.5 Å². The van der Waals surface area contributed by atoms with E-state index in [-0.39, 0.29) is 5.91 Å². The van der Waals surface area contributed by atoms with E-state index in [9.17, 15) is 4.79 Å². The molecule has 5 nitrogen and oxygen atoms in total. The number of aryl methyl sites for hydroxylation is 1. The summed E-state index contributed by atoms with van der Waals surface area (Å²) in [5.41, 5.74) is 2.24. The molecule has 3 heterocycles. The number of hydrogen-bond acceptors (Lipinski definition) is 5. The number of anilines is 1. The Morgan fingerprint density at radius 2 is 2.00 bits per heavy atom.